The van der Waals surface area contributed by atoms with E-state index in [9.17, 15) is 18.3 Å². The second-order valence-corrected chi connectivity index (χ2v) is 4.93. The Kier molecular flexibility index (Phi) is 10.9. The number of anilines is 1. The number of hydrogen-bond acceptors (Lipinski definition) is 4. The van der Waals surface area contributed by atoms with Crippen molar-refractivity contribution in [2.45, 2.75) is 11.1 Å². The van der Waals surface area contributed by atoms with E-state index in [1.165, 1.54) is 17.8 Å². The average Bonchev–Trinajstić information content (AvgIpc) is 2.56. The second kappa shape index (κ2) is 12.1. The molecular weight excluding hydrogens is 343 g/mol. The fourth-order valence-corrected chi connectivity index (χ4v) is 1.93. The highest BCUT2D eigenvalue weighted by Crippen LogP contribution is 2.33. The summed E-state index contributed by atoms with van der Waals surface area (Å²) >= 11 is 1.27. The van der Waals surface area contributed by atoms with Gasteiger partial charge in [-0.3, -0.25) is 4.79 Å². The SMILES string of the molecule is CSc1cccc(NCC(F)(F)F)c1O.O=CO.c1ccccc1. The van der Waals surface area contributed by atoms with Crippen molar-refractivity contribution in [1.29, 1.82) is 0 Å². The minimum Gasteiger partial charge on any atom is -0.505 e. The molecule has 2 aromatic carbocycles. The summed E-state index contributed by atoms with van der Waals surface area (Å²) in [5, 5.41) is 18.6. The van der Waals surface area contributed by atoms with Gasteiger partial charge in [0, 0.05) is 0 Å². The summed E-state index contributed by atoms with van der Waals surface area (Å²) in [4.78, 5) is 8.90. The molecule has 0 amide bonds. The second-order valence-electron chi connectivity index (χ2n) is 4.09. The Balaban J connectivity index is 0.000000482. The number of halogens is 3. The zero-order valence-electron chi connectivity index (χ0n) is 12.8. The smallest absolute Gasteiger partial charge is 0.405 e. The van der Waals surface area contributed by atoms with Crippen LogP contribution in [0.3, 0.4) is 0 Å². The zero-order valence-corrected chi connectivity index (χ0v) is 13.6. The number of rotatable bonds is 3. The molecule has 0 saturated heterocycles. The number of para-hydroxylation sites is 1. The van der Waals surface area contributed by atoms with Gasteiger partial charge in [-0.2, -0.15) is 13.2 Å². The fraction of sp³-hybridized carbons (Fsp3) is 0.188. The highest BCUT2D eigenvalue weighted by atomic mass is 32.2. The Hall–Kier alpha value is -2.35. The molecule has 0 spiro atoms. The molecule has 0 radical (unpaired) electrons. The van der Waals surface area contributed by atoms with Crippen molar-refractivity contribution < 1.29 is 28.2 Å². The van der Waals surface area contributed by atoms with Crippen LogP contribution in [0.5, 0.6) is 5.75 Å². The van der Waals surface area contributed by atoms with E-state index in [-0.39, 0.29) is 17.9 Å². The first-order chi connectivity index (χ1) is 11.4. The van der Waals surface area contributed by atoms with Gasteiger partial charge in [-0.05, 0) is 18.4 Å². The lowest BCUT2D eigenvalue weighted by Crippen LogP contribution is -2.21. The van der Waals surface area contributed by atoms with E-state index in [4.69, 9.17) is 9.90 Å². The van der Waals surface area contributed by atoms with Crippen LogP contribution in [0.25, 0.3) is 0 Å². The molecule has 0 aliphatic heterocycles. The molecule has 0 aliphatic rings. The van der Waals surface area contributed by atoms with Crippen molar-refractivity contribution in [2.24, 2.45) is 0 Å². The standard InChI is InChI=1S/C9H10F3NOS.C6H6.CH2O2/c1-15-7-4-2-3-6(8(7)14)13-5-9(10,11)12;1-2-4-6-5-3-1;2-1-3/h2-4,13-14H,5H2,1H3;1-6H;1H,(H,2,3). The maximum absolute atomic E-state index is 11.9. The van der Waals surface area contributed by atoms with E-state index in [0.717, 1.165) is 0 Å². The van der Waals surface area contributed by atoms with Gasteiger partial charge in [0.1, 0.15) is 6.54 Å². The topological polar surface area (TPSA) is 69.6 Å². The van der Waals surface area contributed by atoms with E-state index >= 15 is 0 Å². The minimum atomic E-state index is -4.29. The quantitative estimate of drug-likeness (QED) is 0.427. The van der Waals surface area contributed by atoms with Crippen LogP contribution in [0, 0.1) is 0 Å². The molecule has 0 saturated carbocycles. The summed E-state index contributed by atoms with van der Waals surface area (Å²) in [5.41, 5.74) is 0.0965. The van der Waals surface area contributed by atoms with Crippen LogP contribution in [-0.4, -0.2) is 35.7 Å². The van der Waals surface area contributed by atoms with Crippen molar-refractivity contribution in [3.05, 3.63) is 54.6 Å². The third kappa shape index (κ3) is 10.4. The van der Waals surface area contributed by atoms with Crippen LogP contribution in [-0.2, 0) is 4.79 Å². The Morgan fingerprint density at radius 3 is 1.92 bits per heavy atom. The Labute approximate surface area is 142 Å². The maximum atomic E-state index is 11.9. The van der Waals surface area contributed by atoms with Gasteiger partial charge in [-0.15, -0.1) is 11.8 Å². The third-order valence-electron chi connectivity index (χ3n) is 2.36. The molecule has 3 N–H and O–H groups in total. The van der Waals surface area contributed by atoms with Gasteiger partial charge in [-0.25, -0.2) is 0 Å². The summed E-state index contributed by atoms with van der Waals surface area (Å²) in [6.07, 6.45) is -2.55. The Morgan fingerprint density at radius 2 is 1.54 bits per heavy atom. The van der Waals surface area contributed by atoms with E-state index in [1.807, 2.05) is 36.4 Å². The van der Waals surface area contributed by atoms with Gasteiger partial charge in [0.05, 0.1) is 10.6 Å². The lowest BCUT2D eigenvalue weighted by molar-refractivity contribution is -0.123. The number of alkyl halides is 3. The van der Waals surface area contributed by atoms with Crippen LogP contribution in [0.1, 0.15) is 0 Å². The largest absolute Gasteiger partial charge is 0.505 e. The normalized spacial score (nSPS) is 9.67. The molecule has 0 aromatic heterocycles. The molecule has 0 heterocycles. The van der Waals surface area contributed by atoms with Crippen molar-refractivity contribution in [2.75, 3.05) is 18.1 Å². The molecular formula is C16H18F3NO3S. The average molecular weight is 361 g/mol. The molecule has 0 atom stereocenters. The van der Waals surface area contributed by atoms with E-state index in [2.05, 4.69) is 5.32 Å². The zero-order chi connectivity index (χ0) is 18.4. The molecule has 24 heavy (non-hydrogen) atoms. The van der Waals surface area contributed by atoms with Crippen LogP contribution >= 0.6 is 11.8 Å². The Morgan fingerprint density at radius 1 is 1.08 bits per heavy atom. The van der Waals surface area contributed by atoms with Gasteiger partial charge in [-0.1, -0.05) is 42.5 Å². The predicted molar refractivity (Wildman–Crippen MR) is 89.6 cm³/mol. The third-order valence-corrected chi connectivity index (χ3v) is 3.13. The van der Waals surface area contributed by atoms with E-state index in [0.29, 0.717) is 4.90 Å². The number of hydrogen-bond donors (Lipinski definition) is 3. The Bertz CT molecular complexity index is 554. The summed E-state index contributed by atoms with van der Waals surface area (Å²) < 4.78 is 35.7. The lowest BCUT2D eigenvalue weighted by Gasteiger charge is -2.12. The van der Waals surface area contributed by atoms with Crippen molar-refractivity contribution in [3.8, 4) is 5.75 Å². The number of phenolic OH excluding ortho intramolecular Hbond substituents is 1. The summed E-state index contributed by atoms with van der Waals surface area (Å²) in [6, 6.07) is 16.6. The number of carbonyl (C=O) groups is 1. The first kappa shape index (κ1) is 21.6. The monoisotopic (exact) mass is 361 g/mol. The number of nitrogens with one attached hydrogen (secondary N) is 1. The van der Waals surface area contributed by atoms with Crippen molar-refractivity contribution in [1.82, 2.24) is 0 Å². The molecule has 8 heteroatoms. The first-order valence-electron chi connectivity index (χ1n) is 6.60. The first-order valence-corrected chi connectivity index (χ1v) is 7.82. The maximum Gasteiger partial charge on any atom is 0.405 e. The molecule has 4 nitrogen and oxygen atoms in total. The molecule has 0 unspecified atom stereocenters. The van der Waals surface area contributed by atoms with Gasteiger partial charge < -0.3 is 15.5 Å². The van der Waals surface area contributed by atoms with E-state index < -0.39 is 12.7 Å². The van der Waals surface area contributed by atoms with Crippen LogP contribution in [0.15, 0.2) is 59.5 Å². The molecule has 132 valence electrons. The van der Waals surface area contributed by atoms with Crippen LogP contribution in [0.4, 0.5) is 18.9 Å². The number of aromatic hydroxyl groups is 1. The van der Waals surface area contributed by atoms with Crippen molar-refractivity contribution in [3.63, 3.8) is 0 Å². The van der Waals surface area contributed by atoms with Gasteiger partial charge in [0.25, 0.3) is 6.47 Å². The van der Waals surface area contributed by atoms with Gasteiger partial charge >= 0.3 is 6.18 Å². The summed E-state index contributed by atoms with van der Waals surface area (Å²) in [5.74, 6) is -0.144. The molecule has 2 rings (SSSR count). The number of carboxylic acid groups (broad SMARTS) is 1. The molecule has 0 fully saturated rings. The highest BCUT2D eigenvalue weighted by Gasteiger charge is 2.27. The van der Waals surface area contributed by atoms with Crippen LogP contribution < -0.4 is 5.32 Å². The lowest BCUT2D eigenvalue weighted by atomic mass is 10.3. The van der Waals surface area contributed by atoms with Gasteiger partial charge in [0.15, 0.2) is 5.75 Å². The van der Waals surface area contributed by atoms with Crippen LogP contribution in [0.2, 0.25) is 0 Å². The summed E-state index contributed by atoms with van der Waals surface area (Å²) in [7, 11) is 0. The number of benzene rings is 2. The highest BCUT2D eigenvalue weighted by molar-refractivity contribution is 7.98. The fourth-order valence-electron chi connectivity index (χ4n) is 1.41. The molecule has 2 aromatic rings. The number of phenols is 1. The molecule has 0 bridgehead atoms. The minimum absolute atomic E-state index is 0.0965. The number of thioether (sulfide) groups is 1. The van der Waals surface area contributed by atoms with Crippen molar-refractivity contribution >= 4 is 23.9 Å². The molecule has 0 aliphatic carbocycles. The van der Waals surface area contributed by atoms with Gasteiger partial charge in [0.2, 0.25) is 0 Å². The summed E-state index contributed by atoms with van der Waals surface area (Å²) in [6.45, 7) is -1.40. The predicted octanol–water partition coefficient (Wildman–Crippen LogP) is 4.48. The van der Waals surface area contributed by atoms with E-state index in [1.54, 1.807) is 18.4 Å².